The highest BCUT2D eigenvalue weighted by Crippen LogP contribution is 2.25. The summed E-state index contributed by atoms with van der Waals surface area (Å²) in [5.74, 6) is 1.73. The van der Waals surface area contributed by atoms with E-state index in [4.69, 9.17) is 4.74 Å². The van der Waals surface area contributed by atoms with Crippen LogP contribution in [0.2, 0.25) is 0 Å². The van der Waals surface area contributed by atoms with Crippen molar-refractivity contribution < 1.29 is 4.74 Å². The topological polar surface area (TPSA) is 40.1 Å². The van der Waals surface area contributed by atoms with E-state index in [0.717, 1.165) is 38.7 Å². The molecule has 3 rings (SSSR count). The summed E-state index contributed by atoms with van der Waals surface area (Å²) in [5, 5.41) is 3.63. The zero-order valence-corrected chi connectivity index (χ0v) is 19.3. The summed E-state index contributed by atoms with van der Waals surface area (Å²) in [4.78, 5) is 9.45. The van der Waals surface area contributed by atoms with Gasteiger partial charge in [-0.1, -0.05) is 31.2 Å². The van der Waals surface area contributed by atoms with Crippen LogP contribution in [0.4, 0.5) is 0 Å². The van der Waals surface area contributed by atoms with Gasteiger partial charge in [-0.15, -0.1) is 24.0 Å². The average Bonchev–Trinajstić information content (AvgIpc) is 2.69. The monoisotopic (exact) mass is 486 g/mol. The number of guanidine groups is 1. The third-order valence-electron chi connectivity index (χ3n) is 5.71. The van der Waals surface area contributed by atoms with Crippen molar-refractivity contribution in [2.24, 2.45) is 10.9 Å². The van der Waals surface area contributed by atoms with Crippen molar-refractivity contribution in [2.45, 2.75) is 32.8 Å². The molecule has 27 heavy (non-hydrogen) atoms. The predicted molar refractivity (Wildman–Crippen MR) is 123 cm³/mol. The van der Waals surface area contributed by atoms with Crippen LogP contribution in [0.5, 0.6) is 0 Å². The Labute approximate surface area is 181 Å². The van der Waals surface area contributed by atoms with Gasteiger partial charge in [0.1, 0.15) is 6.10 Å². The van der Waals surface area contributed by atoms with Crippen LogP contribution < -0.4 is 5.32 Å². The zero-order valence-electron chi connectivity index (χ0n) is 17.0. The van der Waals surface area contributed by atoms with E-state index in [1.165, 1.54) is 37.1 Å². The Hall–Kier alpha value is -0.860. The van der Waals surface area contributed by atoms with Crippen LogP contribution in [0.3, 0.4) is 0 Å². The van der Waals surface area contributed by atoms with Crippen molar-refractivity contribution in [3.05, 3.63) is 35.4 Å². The molecule has 2 saturated heterocycles. The van der Waals surface area contributed by atoms with E-state index in [-0.39, 0.29) is 30.1 Å². The number of aliphatic imine (C=N–C) groups is 1. The number of aryl methyl sites for hydroxylation is 1. The number of hydrogen-bond acceptors (Lipinski definition) is 3. The Morgan fingerprint density at radius 3 is 2.81 bits per heavy atom. The second-order valence-electron chi connectivity index (χ2n) is 7.49. The molecule has 0 aliphatic carbocycles. The van der Waals surface area contributed by atoms with Crippen LogP contribution in [0.15, 0.2) is 29.3 Å². The third-order valence-corrected chi connectivity index (χ3v) is 5.71. The first kappa shape index (κ1) is 22.4. The highest BCUT2D eigenvalue weighted by Gasteiger charge is 2.26. The Bertz CT molecular complexity index is 610. The molecule has 2 heterocycles. The molecule has 0 bridgehead atoms. The first-order valence-corrected chi connectivity index (χ1v) is 10.1. The largest absolute Gasteiger partial charge is 0.370 e. The average molecular weight is 486 g/mol. The number of nitrogens with one attached hydrogen (secondary N) is 1. The molecule has 2 fully saturated rings. The van der Waals surface area contributed by atoms with Gasteiger partial charge in [-0.2, -0.15) is 0 Å². The fourth-order valence-electron chi connectivity index (χ4n) is 4.15. The van der Waals surface area contributed by atoms with E-state index >= 15 is 0 Å². The molecule has 6 heteroatoms. The predicted octanol–water partition coefficient (Wildman–Crippen LogP) is 3.29. The van der Waals surface area contributed by atoms with Crippen molar-refractivity contribution in [1.82, 2.24) is 15.1 Å². The first-order chi connectivity index (χ1) is 12.7. The fraction of sp³-hybridized carbons (Fsp3) is 0.667. The fourth-order valence-corrected chi connectivity index (χ4v) is 4.15. The van der Waals surface area contributed by atoms with Crippen LogP contribution >= 0.6 is 24.0 Å². The summed E-state index contributed by atoms with van der Waals surface area (Å²) < 4.78 is 6.06. The van der Waals surface area contributed by atoms with E-state index in [1.54, 1.807) is 0 Å². The molecule has 152 valence electrons. The van der Waals surface area contributed by atoms with Gasteiger partial charge >= 0.3 is 0 Å². The number of ether oxygens (including phenoxy) is 1. The van der Waals surface area contributed by atoms with E-state index in [2.05, 4.69) is 58.2 Å². The van der Waals surface area contributed by atoms with Gasteiger partial charge in [0, 0.05) is 26.7 Å². The van der Waals surface area contributed by atoms with E-state index in [1.807, 2.05) is 7.05 Å². The minimum atomic E-state index is 0. The maximum atomic E-state index is 6.06. The second kappa shape index (κ2) is 11.2. The van der Waals surface area contributed by atoms with Gasteiger partial charge in [-0.3, -0.25) is 4.99 Å². The van der Waals surface area contributed by atoms with Crippen molar-refractivity contribution >= 4 is 29.9 Å². The van der Waals surface area contributed by atoms with Crippen LogP contribution in [-0.2, 0) is 4.74 Å². The Morgan fingerprint density at radius 2 is 2.07 bits per heavy atom. The molecule has 2 aliphatic heterocycles. The maximum Gasteiger partial charge on any atom is 0.193 e. The Morgan fingerprint density at radius 1 is 1.26 bits per heavy atom. The molecule has 1 aromatic rings. The number of benzene rings is 1. The quantitative estimate of drug-likeness (QED) is 0.403. The molecule has 5 nitrogen and oxygen atoms in total. The Balaban J connectivity index is 0.00000261. The van der Waals surface area contributed by atoms with Crippen LogP contribution in [-0.4, -0.2) is 68.7 Å². The van der Waals surface area contributed by atoms with Crippen molar-refractivity contribution in [3.8, 4) is 0 Å². The minimum Gasteiger partial charge on any atom is -0.370 e. The van der Waals surface area contributed by atoms with Crippen molar-refractivity contribution in [3.63, 3.8) is 0 Å². The molecule has 0 spiro atoms. The van der Waals surface area contributed by atoms with Crippen molar-refractivity contribution in [1.29, 1.82) is 0 Å². The molecule has 1 N–H and O–H groups in total. The molecule has 0 radical (unpaired) electrons. The zero-order chi connectivity index (χ0) is 18.4. The van der Waals surface area contributed by atoms with Crippen LogP contribution in [0, 0.1) is 12.8 Å². The van der Waals surface area contributed by atoms with Crippen LogP contribution in [0.1, 0.15) is 37.0 Å². The lowest BCUT2D eigenvalue weighted by Crippen LogP contribution is -2.50. The summed E-state index contributed by atoms with van der Waals surface area (Å²) in [6.45, 7) is 11.5. The van der Waals surface area contributed by atoms with Crippen molar-refractivity contribution in [2.75, 3.05) is 52.9 Å². The molecule has 0 saturated carbocycles. The van der Waals surface area contributed by atoms with Gasteiger partial charge < -0.3 is 19.9 Å². The standard InChI is InChI=1S/C21H34N4O.HI/c1-4-24-11-7-9-18(15-24)14-23-21(22-3)25-12-13-26-20(16-25)19-10-6-5-8-17(19)2;/h5-6,8,10,18,20H,4,7,9,11-16H2,1-3H3,(H,22,23);1H. The molecule has 1 aromatic carbocycles. The number of piperidine rings is 1. The lowest BCUT2D eigenvalue weighted by atomic mass is 9.98. The molecule has 2 unspecified atom stereocenters. The highest BCUT2D eigenvalue weighted by atomic mass is 127. The SMILES string of the molecule is CCN1CCCC(CNC(=NC)N2CCOC(c3ccccc3C)C2)C1.I. The van der Waals surface area contributed by atoms with Gasteiger partial charge in [0.25, 0.3) is 0 Å². The highest BCUT2D eigenvalue weighted by molar-refractivity contribution is 14.0. The van der Waals surface area contributed by atoms with Gasteiger partial charge in [-0.25, -0.2) is 0 Å². The number of likely N-dealkylation sites (tertiary alicyclic amines) is 1. The third kappa shape index (κ3) is 6.06. The van der Waals surface area contributed by atoms with Gasteiger partial charge in [0.05, 0.1) is 13.2 Å². The number of nitrogens with zero attached hydrogens (tertiary/aromatic N) is 3. The summed E-state index contributed by atoms with van der Waals surface area (Å²) in [7, 11) is 1.89. The number of rotatable bonds is 4. The molecule has 2 atom stereocenters. The second-order valence-corrected chi connectivity index (χ2v) is 7.49. The number of hydrogen-bond donors (Lipinski definition) is 1. The smallest absolute Gasteiger partial charge is 0.193 e. The summed E-state index contributed by atoms with van der Waals surface area (Å²) in [6, 6.07) is 8.53. The molecular formula is C21H35IN4O. The first-order valence-electron chi connectivity index (χ1n) is 10.1. The molecule has 2 aliphatic rings. The van der Waals surface area contributed by atoms with E-state index in [9.17, 15) is 0 Å². The molecule has 0 amide bonds. The Kier molecular flexibility index (Phi) is 9.32. The van der Waals surface area contributed by atoms with E-state index < -0.39 is 0 Å². The van der Waals surface area contributed by atoms with E-state index in [0.29, 0.717) is 5.92 Å². The lowest BCUT2D eigenvalue weighted by Gasteiger charge is -2.37. The number of halogens is 1. The molecule has 0 aromatic heterocycles. The van der Waals surface area contributed by atoms with Gasteiger partial charge in [-0.05, 0) is 49.9 Å². The minimum absolute atomic E-state index is 0. The normalized spacial score (nSPS) is 24.4. The molecular weight excluding hydrogens is 451 g/mol. The van der Waals surface area contributed by atoms with Crippen LogP contribution in [0.25, 0.3) is 0 Å². The summed E-state index contributed by atoms with van der Waals surface area (Å²) in [5.41, 5.74) is 2.59. The van der Waals surface area contributed by atoms with Gasteiger partial charge in [0.15, 0.2) is 5.96 Å². The summed E-state index contributed by atoms with van der Waals surface area (Å²) in [6.07, 6.45) is 2.75. The van der Waals surface area contributed by atoms with Gasteiger partial charge in [0.2, 0.25) is 0 Å². The number of morpholine rings is 1. The summed E-state index contributed by atoms with van der Waals surface area (Å²) >= 11 is 0. The lowest BCUT2D eigenvalue weighted by molar-refractivity contribution is -0.00842. The maximum absolute atomic E-state index is 6.06.